The summed E-state index contributed by atoms with van der Waals surface area (Å²) in [5.41, 5.74) is 3.43. The van der Waals surface area contributed by atoms with Crippen LogP contribution in [0, 0.1) is 13.8 Å². The van der Waals surface area contributed by atoms with Gasteiger partial charge in [-0.25, -0.2) is 4.98 Å². The van der Waals surface area contributed by atoms with E-state index in [0.717, 1.165) is 16.8 Å². The summed E-state index contributed by atoms with van der Waals surface area (Å²) in [5, 5.41) is 1.24. The Bertz CT molecular complexity index is 1450. The van der Waals surface area contributed by atoms with Gasteiger partial charge in [0.1, 0.15) is 5.82 Å². The molecule has 0 bridgehead atoms. The Morgan fingerprint density at radius 1 is 1.03 bits per heavy atom. The number of benzene rings is 3. The summed E-state index contributed by atoms with van der Waals surface area (Å²) in [6.07, 6.45) is 0. The molecular formula is C26H23Cl2N3O2. The number of para-hydroxylation sites is 1. The fourth-order valence-corrected chi connectivity index (χ4v) is 4.31. The lowest BCUT2D eigenvalue weighted by Gasteiger charge is -2.28. The largest absolute Gasteiger partial charge is 0.332 e. The van der Waals surface area contributed by atoms with Crippen molar-refractivity contribution in [3.8, 4) is 5.69 Å². The third-order valence-corrected chi connectivity index (χ3v) is 6.39. The minimum atomic E-state index is -0.526. The van der Waals surface area contributed by atoms with Gasteiger partial charge >= 0.3 is 0 Å². The van der Waals surface area contributed by atoms with Crippen LogP contribution < -0.4 is 5.56 Å². The van der Waals surface area contributed by atoms with Gasteiger partial charge in [0, 0.05) is 12.1 Å². The highest BCUT2D eigenvalue weighted by atomic mass is 35.5. The molecule has 0 spiro atoms. The Morgan fingerprint density at radius 3 is 2.48 bits per heavy atom. The number of halogens is 2. The molecule has 0 N–H and O–H groups in total. The van der Waals surface area contributed by atoms with E-state index < -0.39 is 6.04 Å². The van der Waals surface area contributed by atoms with Gasteiger partial charge in [-0.3, -0.25) is 14.2 Å². The first kappa shape index (κ1) is 23.0. The zero-order valence-electron chi connectivity index (χ0n) is 18.8. The molecule has 0 aliphatic rings. The van der Waals surface area contributed by atoms with Crippen LogP contribution in [0.5, 0.6) is 0 Å². The van der Waals surface area contributed by atoms with E-state index in [-0.39, 0.29) is 16.5 Å². The maximum Gasteiger partial charge on any atom is 0.266 e. The van der Waals surface area contributed by atoms with E-state index in [2.05, 4.69) is 0 Å². The average molecular weight is 480 g/mol. The van der Waals surface area contributed by atoms with E-state index in [0.29, 0.717) is 27.3 Å². The van der Waals surface area contributed by atoms with Crippen LogP contribution in [0.1, 0.15) is 40.3 Å². The minimum Gasteiger partial charge on any atom is -0.332 e. The number of fused-ring (bicyclic) bond motifs is 1. The van der Waals surface area contributed by atoms with Gasteiger partial charge in [-0.2, -0.15) is 0 Å². The number of aryl methyl sites for hydroxylation is 2. The number of hydrogen-bond acceptors (Lipinski definition) is 3. The Kier molecular flexibility index (Phi) is 6.28. The van der Waals surface area contributed by atoms with Crippen molar-refractivity contribution >= 4 is 40.0 Å². The first-order valence-electron chi connectivity index (χ1n) is 10.5. The van der Waals surface area contributed by atoms with Crippen molar-refractivity contribution in [2.24, 2.45) is 0 Å². The van der Waals surface area contributed by atoms with Crippen LogP contribution in [-0.4, -0.2) is 27.4 Å². The van der Waals surface area contributed by atoms with Gasteiger partial charge in [-0.05, 0) is 68.3 Å². The minimum absolute atomic E-state index is 0.179. The second-order valence-electron chi connectivity index (χ2n) is 8.13. The number of hydrogen-bond donors (Lipinski definition) is 0. The maximum absolute atomic E-state index is 13.7. The van der Waals surface area contributed by atoms with Gasteiger partial charge in [0.2, 0.25) is 0 Å². The maximum atomic E-state index is 13.7. The number of rotatable bonds is 4. The summed E-state index contributed by atoms with van der Waals surface area (Å²) in [4.78, 5) is 33.3. The van der Waals surface area contributed by atoms with Crippen molar-refractivity contribution in [2.45, 2.75) is 26.8 Å². The first-order chi connectivity index (χ1) is 15.7. The number of carbonyl (C=O) groups excluding carboxylic acids is 1. The quantitative estimate of drug-likeness (QED) is 0.353. The lowest BCUT2D eigenvalue weighted by Crippen LogP contribution is -2.35. The number of amides is 1. The predicted octanol–water partition coefficient (Wildman–Crippen LogP) is 6.14. The first-order valence-corrected chi connectivity index (χ1v) is 11.3. The summed E-state index contributed by atoms with van der Waals surface area (Å²) < 4.78 is 1.61. The third kappa shape index (κ3) is 4.26. The van der Waals surface area contributed by atoms with Gasteiger partial charge < -0.3 is 4.90 Å². The standard InChI is InChI=1S/C26H23Cl2N3O2/c1-15-9-10-16(2)23(13-15)31-24(29-22-8-6-5-7-20(22)26(31)33)17(3)30(4)25(32)19-12-11-18(27)14-21(19)28/h5-14,17H,1-4H3. The van der Waals surface area contributed by atoms with Gasteiger partial charge in [0.15, 0.2) is 0 Å². The van der Waals surface area contributed by atoms with Crippen molar-refractivity contribution in [2.75, 3.05) is 7.05 Å². The lowest BCUT2D eigenvalue weighted by molar-refractivity contribution is 0.0735. The molecule has 0 saturated carbocycles. The molecule has 4 aromatic rings. The highest BCUT2D eigenvalue weighted by Gasteiger charge is 2.26. The van der Waals surface area contributed by atoms with E-state index in [1.807, 2.05) is 51.1 Å². The molecule has 7 heteroatoms. The SMILES string of the molecule is Cc1ccc(C)c(-n2c(C(C)N(C)C(=O)c3ccc(Cl)cc3Cl)nc3ccccc3c2=O)c1. The summed E-state index contributed by atoms with van der Waals surface area (Å²) in [6.45, 7) is 5.77. The Hall–Kier alpha value is -3.15. The van der Waals surface area contributed by atoms with E-state index in [4.69, 9.17) is 28.2 Å². The Labute approximate surface area is 202 Å². The van der Waals surface area contributed by atoms with Crippen molar-refractivity contribution < 1.29 is 4.79 Å². The van der Waals surface area contributed by atoms with Gasteiger partial charge in [0.05, 0.1) is 33.2 Å². The van der Waals surface area contributed by atoms with Crippen LogP contribution >= 0.6 is 23.2 Å². The third-order valence-electron chi connectivity index (χ3n) is 5.84. The monoisotopic (exact) mass is 479 g/mol. The molecule has 0 radical (unpaired) electrons. The van der Waals surface area contributed by atoms with E-state index in [1.54, 1.807) is 35.9 Å². The van der Waals surface area contributed by atoms with Crippen LogP contribution in [0.2, 0.25) is 10.0 Å². The van der Waals surface area contributed by atoms with Crippen LogP contribution in [0.25, 0.3) is 16.6 Å². The summed E-state index contributed by atoms with van der Waals surface area (Å²) in [5.74, 6) is 0.174. The number of nitrogens with zero attached hydrogens (tertiary/aromatic N) is 3. The molecule has 33 heavy (non-hydrogen) atoms. The topological polar surface area (TPSA) is 55.2 Å². The van der Waals surface area contributed by atoms with Gasteiger partial charge in [-0.1, -0.05) is 47.5 Å². The van der Waals surface area contributed by atoms with Crippen molar-refractivity contribution in [3.05, 3.63) is 104 Å². The summed E-state index contributed by atoms with van der Waals surface area (Å²) >= 11 is 12.3. The Balaban J connectivity index is 1.91. The fourth-order valence-electron chi connectivity index (χ4n) is 3.83. The molecule has 3 aromatic carbocycles. The van der Waals surface area contributed by atoms with Gasteiger partial charge in [0.25, 0.3) is 11.5 Å². The lowest BCUT2D eigenvalue weighted by atomic mass is 10.1. The average Bonchev–Trinajstić information content (AvgIpc) is 2.79. The zero-order chi connectivity index (χ0) is 23.9. The molecule has 1 amide bonds. The second-order valence-corrected chi connectivity index (χ2v) is 8.98. The molecule has 0 aliphatic carbocycles. The molecule has 0 saturated heterocycles. The number of aromatic nitrogens is 2. The summed E-state index contributed by atoms with van der Waals surface area (Å²) in [6, 6.07) is 17.4. The Morgan fingerprint density at radius 2 is 1.76 bits per heavy atom. The van der Waals surface area contributed by atoms with Gasteiger partial charge in [-0.15, -0.1) is 0 Å². The molecule has 0 fully saturated rings. The zero-order valence-corrected chi connectivity index (χ0v) is 20.3. The fraction of sp³-hybridized carbons (Fsp3) is 0.192. The molecule has 168 valence electrons. The molecule has 4 rings (SSSR count). The second kappa shape index (κ2) is 9.00. The van der Waals surface area contributed by atoms with E-state index >= 15 is 0 Å². The van der Waals surface area contributed by atoms with Crippen LogP contribution in [0.15, 0.2) is 65.5 Å². The molecular weight excluding hydrogens is 457 g/mol. The molecule has 0 aliphatic heterocycles. The predicted molar refractivity (Wildman–Crippen MR) is 134 cm³/mol. The van der Waals surface area contributed by atoms with Crippen LogP contribution in [0.3, 0.4) is 0 Å². The van der Waals surface area contributed by atoms with Crippen molar-refractivity contribution in [3.63, 3.8) is 0 Å². The van der Waals surface area contributed by atoms with Crippen molar-refractivity contribution in [1.82, 2.24) is 14.5 Å². The van der Waals surface area contributed by atoms with Crippen LogP contribution in [0.4, 0.5) is 0 Å². The summed E-state index contributed by atoms with van der Waals surface area (Å²) in [7, 11) is 1.67. The highest BCUT2D eigenvalue weighted by Crippen LogP contribution is 2.27. The molecule has 1 unspecified atom stereocenters. The van der Waals surface area contributed by atoms with Crippen LogP contribution in [-0.2, 0) is 0 Å². The molecule has 1 heterocycles. The van der Waals surface area contributed by atoms with E-state index in [1.165, 1.54) is 11.0 Å². The molecule has 1 atom stereocenters. The normalized spacial score (nSPS) is 12.1. The molecule has 1 aromatic heterocycles. The number of carbonyl (C=O) groups is 1. The van der Waals surface area contributed by atoms with E-state index in [9.17, 15) is 9.59 Å². The van der Waals surface area contributed by atoms with Crippen molar-refractivity contribution in [1.29, 1.82) is 0 Å². The highest BCUT2D eigenvalue weighted by molar-refractivity contribution is 6.36. The smallest absolute Gasteiger partial charge is 0.266 e. The molecule has 5 nitrogen and oxygen atoms in total.